The van der Waals surface area contributed by atoms with Gasteiger partial charge in [0.15, 0.2) is 0 Å². The van der Waals surface area contributed by atoms with Gasteiger partial charge in [0.1, 0.15) is 12.4 Å². The zero-order valence-corrected chi connectivity index (χ0v) is 16.7. The summed E-state index contributed by atoms with van der Waals surface area (Å²) in [5.41, 5.74) is 0. The van der Waals surface area contributed by atoms with Gasteiger partial charge >= 0.3 is 0 Å². The highest BCUT2D eigenvalue weighted by atomic mass is 35.5. The van der Waals surface area contributed by atoms with E-state index in [1.165, 1.54) is 0 Å². The minimum absolute atomic E-state index is 0.0268. The third kappa shape index (κ3) is 5.41. The number of fused-ring (bicyclic) bond motifs is 1. The van der Waals surface area contributed by atoms with E-state index >= 15 is 0 Å². The van der Waals surface area contributed by atoms with E-state index < -0.39 is 0 Å². The lowest BCUT2D eigenvalue weighted by Crippen LogP contribution is -2.35. The molecular weight excluding hydrogens is 378 g/mol. The number of ether oxygens (including phenoxy) is 1. The van der Waals surface area contributed by atoms with Crippen molar-refractivity contribution in [1.82, 2.24) is 5.32 Å². The molecule has 0 aromatic heterocycles. The maximum atomic E-state index is 12.5. The molecule has 0 fully saturated rings. The molecule has 0 bridgehead atoms. The number of nitrogens with one attached hydrogen (secondary N) is 1. The number of hydrogen-bond donors (Lipinski definition) is 1. The Hall–Kier alpha value is -2.17. The van der Waals surface area contributed by atoms with E-state index in [9.17, 15) is 4.79 Å². The summed E-state index contributed by atoms with van der Waals surface area (Å²) in [5, 5.41) is 5.76. The van der Waals surface area contributed by atoms with E-state index in [1.807, 2.05) is 61.5 Å². The van der Waals surface area contributed by atoms with Gasteiger partial charge in [-0.3, -0.25) is 4.79 Å². The van der Waals surface area contributed by atoms with E-state index in [0.717, 1.165) is 27.8 Å². The minimum Gasteiger partial charge on any atom is -0.491 e. The molecule has 3 aromatic rings. The van der Waals surface area contributed by atoms with Crippen molar-refractivity contribution in [3.05, 3.63) is 71.8 Å². The smallest absolute Gasteiger partial charge is 0.233 e. The van der Waals surface area contributed by atoms with Crippen molar-refractivity contribution in [3.63, 3.8) is 0 Å². The largest absolute Gasteiger partial charge is 0.491 e. The summed E-state index contributed by atoms with van der Waals surface area (Å²) in [4.78, 5) is 13.5. The zero-order valence-electron chi connectivity index (χ0n) is 15.2. The summed E-state index contributed by atoms with van der Waals surface area (Å²) in [6.45, 7) is 2.92. The topological polar surface area (TPSA) is 38.3 Å². The third-order valence-electron chi connectivity index (χ3n) is 4.16. The molecular formula is C22H22ClNO2S. The van der Waals surface area contributed by atoms with E-state index in [-0.39, 0.29) is 11.2 Å². The van der Waals surface area contributed by atoms with Crippen LogP contribution in [0.2, 0.25) is 5.02 Å². The van der Waals surface area contributed by atoms with E-state index in [0.29, 0.717) is 18.2 Å². The van der Waals surface area contributed by atoms with Gasteiger partial charge in [-0.2, -0.15) is 0 Å². The second-order valence-electron chi connectivity index (χ2n) is 6.09. The van der Waals surface area contributed by atoms with Crippen LogP contribution in [0, 0.1) is 0 Å². The molecule has 0 radical (unpaired) electrons. The van der Waals surface area contributed by atoms with Crippen molar-refractivity contribution >= 4 is 40.0 Å². The molecule has 1 amide bonds. The summed E-state index contributed by atoms with van der Waals surface area (Å²) >= 11 is 7.46. The van der Waals surface area contributed by atoms with Gasteiger partial charge in [0.05, 0.1) is 11.8 Å². The molecule has 0 spiro atoms. The van der Waals surface area contributed by atoms with Crippen LogP contribution in [0.15, 0.2) is 71.6 Å². The molecule has 1 atom stereocenters. The summed E-state index contributed by atoms with van der Waals surface area (Å²) in [5.74, 6) is 0.865. The summed E-state index contributed by atoms with van der Waals surface area (Å²) in [6, 6.07) is 21.7. The Kier molecular flexibility index (Phi) is 7.02. The van der Waals surface area contributed by atoms with Crippen LogP contribution in [-0.4, -0.2) is 24.3 Å². The molecule has 27 heavy (non-hydrogen) atoms. The van der Waals surface area contributed by atoms with Crippen molar-refractivity contribution < 1.29 is 9.53 Å². The number of carbonyl (C=O) groups is 1. The van der Waals surface area contributed by atoms with E-state index in [2.05, 4.69) is 17.4 Å². The van der Waals surface area contributed by atoms with Crippen molar-refractivity contribution in [1.29, 1.82) is 0 Å². The summed E-state index contributed by atoms with van der Waals surface area (Å²) in [7, 11) is 0. The number of carbonyl (C=O) groups excluding carboxylic acids is 1. The Balaban J connectivity index is 1.50. The van der Waals surface area contributed by atoms with Crippen molar-refractivity contribution in [2.75, 3.05) is 13.2 Å². The van der Waals surface area contributed by atoms with Crippen LogP contribution in [0.1, 0.15) is 13.3 Å². The second kappa shape index (κ2) is 9.67. The molecule has 1 N–H and O–H groups in total. The number of rotatable bonds is 8. The first-order valence-electron chi connectivity index (χ1n) is 8.98. The first-order valence-corrected chi connectivity index (χ1v) is 10.2. The summed E-state index contributed by atoms with van der Waals surface area (Å²) < 4.78 is 5.88. The van der Waals surface area contributed by atoms with Gasteiger partial charge in [0.2, 0.25) is 5.91 Å². The van der Waals surface area contributed by atoms with Gasteiger partial charge in [-0.15, -0.1) is 11.8 Å². The molecule has 3 nitrogen and oxygen atoms in total. The maximum absolute atomic E-state index is 12.5. The normalized spacial score (nSPS) is 11.9. The Morgan fingerprint density at radius 2 is 1.81 bits per heavy atom. The SMILES string of the molecule is CC[C@@H](Sc1ccc(Cl)cc1)C(=O)NCCOc1cccc2ccccc12. The molecule has 0 unspecified atom stereocenters. The molecule has 0 aliphatic rings. The highest BCUT2D eigenvalue weighted by Gasteiger charge is 2.17. The fourth-order valence-electron chi connectivity index (χ4n) is 2.77. The molecule has 0 aliphatic carbocycles. The maximum Gasteiger partial charge on any atom is 0.233 e. The predicted octanol–water partition coefficient (Wildman–Crippen LogP) is 5.56. The molecule has 0 saturated heterocycles. The molecule has 5 heteroatoms. The fourth-order valence-corrected chi connectivity index (χ4v) is 3.88. The summed E-state index contributed by atoms with van der Waals surface area (Å²) in [6.07, 6.45) is 0.753. The van der Waals surface area contributed by atoms with Crippen LogP contribution in [-0.2, 0) is 4.79 Å². The van der Waals surface area contributed by atoms with Gasteiger partial charge < -0.3 is 10.1 Å². The Morgan fingerprint density at radius 1 is 1.07 bits per heavy atom. The average molecular weight is 400 g/mol. The molecule has 0 heterocycles. The van der Waals surface area contributed by atoms with Crippen LogP contribution in [0.5, 0.6) is 5.75 Å². The highest BCUT2D eigenvalue weighted by molar-refractivity contribution is 8.00. The standard InChI is InChI=1S/C22H22ClNO2S/c1-2-21(27-18-12-10-17(23)11-13-18)22(25)24-14-15-26-20-9-5-7-16-6-3-4-8-19(16)20/h3-13,21H,2,14-15H2,1H3,(H,24,25)/t21-/m1/s1. The van der Waals surface area contributed by atoms with Gasteiger partial charge in [-0.1, -0.05) is 54.9 Å². The minimum atomic E-state index is -0.135. The lowest BCUT2D eigenvalue weighted by molar-refractivity contribution is -0.120. The Bertz CT molecular complexity index is 893. The molecule has 3 aromatic carbocycles. The Morgan fingerprint density at radius 3 is 2.59 bits per heavy atom. The van der Waals surface area contributed by atoms with Crippen molar-refractivity contribution in [2.24, 2.45) is 0 Å². The van der Waals surface area contributed by atoms with Gasteiger partial charge in [0, 0.05) is 15.3 Å². The Labute approximate surface area is 169 Å². The fraction of sp³-hybridized carbons (Fsp3) is 0.227. The van der Waals surface area contributed by atoms with E-state index in [4.69, 9.17) is 16.3 Å². The van der Waals surface area contributed by atoms with Gasteiger partial charge in [-0.05, 0) is 42.1 Å². The number of hydrogen-bond acceptors (Lipinski definition) is 3. The average Bonchev–Trinajstić information content (AvgIpc) is 2.70. The van der Waals surface area contributed by atoms with Crippen LogP contribution in [0.3, 0.4) is 0 Å². The monoisotopic (exact) mass is 399 g/mol. The predicted molar refractivity (Wildman–Crippen MR) is 114 cm³/mol. The van der Waals surface area contributed by atoms with Crippen molar-refractivity contribution in [3.8, 4) is 5.75 Å². The highest BCUT2D eigenvalue weighted by Crippen LogP contribution is 2.27. The lowest BCUT2D eigenvalue weighted by Gasteiger charge is -2.15. The van der Waals surface area contributed by atoms with Gasteiger partial charge in [-0.25, -0.2) is 0 Å². The quantitative estimate of drug-likeness (QED) is 0.398. The number of halogens is 1. The molecule has 3 rings (SSSR count). The molecule has 140 valence electrons. The first-order chi connectivity index (χ1) is 13.2. The van der Waals surface area contributed by atoms with E-state index in [1.54, 1.807) is 11.8 Å². The van der Waals surface area contributed by atoms with Crippen LogP contribution in [0.4, 0.5) is 0 Å². The van der Waals surface area contributed by atoms with Crippen molar-refractivity contribution in [2.45, 2.75) is 23.5 Å². The first kappa shape index (κ1) is 19.6. The zero-order chi connectivity index (χ0) is 19.1. The van der Waals surface area contributed by atoms with Gasteiger partial charge in [0.25, 0.3) is 0 Å². The van der Waals surface area contributed by atoms with Crippen LogP contribution < -0.4 is 10.1 Å². The third-order valence-corrected chi connectivity index (χ3v) is 5.79. The number of thioether (sulfide) groups is 1. The number of benzene rings is 3. The van der Waals surface area contributed by atoms with Crippen LogP contribution >= 0.6 is 23.4 Å². The lowest BCUT2D eigenvalue weighted by atomic mass is 10.1. The molecule has 0 saturated carbocycles. The molecule has 0 aliphatic heterocycles. The van der Waals surface area contributed by atoms with Crippen LogP contribution in [0.25, 0.3) is 10.8 Å². The number of amides is 1. The second-order valence-corrected chi connectivity index (χ2v) is 7.80.